The van der Waals surface area contributed by atoms with Gasteiger partial charge in [0.05, 0.1) is 12.7 Å². The highest BCUT2D eigenvalue weighted by molar-refractivity contribution is 6.38. The summed E-state index contributed by atoms with van der Waals surface area (Å²) in [7, 11) is 0. The monoisotopic (exact) mass is 474 g/mol. The molecular weight excluding hydrogens is 448 g/mol. The molecule has 3 amide bonds. The Labute approximate surface area is 202 Å². The van der Waals surface area contributed by atoms with Gasteiger partial charge in [-0.15, -0.1) is 0 Å². The van der Waals surface area contributed by atoms with Gasteiger partial charge in [-0.3, -0.25) is 19.2 Å². The Balaban J connectivity index is 1.47. The highest BCUT2D eigenvalue weighted by Gasteiger charge is 2.38. The van der Waals surface area contributed by atoms with E-state index in [0.29, 0.717) is 13.0 Å². The third-order valence-electron chi connectivity index (χ3n) is 5.85. The molecule has 0 bridgehead atoms. The van der Waals surface area contributed by atoms with Gasteiger partial charge in [-0.2, -0.15) is 0 Å². The van der Waals surface area contributed by atoms with Crippen LogP contribution in [0.2, 0.25) is 0 Å². The second-order valence-electron chi connectivity index (χ2n) is 8.29. The van der Waals surface area contributed by atoms with Crippen molar-refractivity contribution in [3.8, 4) is 0 Å². The van der Waals surface area contributed by atoms with Crippen molar-refractivity contribution in [1.82, 2.24) is 20.5 Å². The molecule has 180 valence electrons. The molecule has 9 heteroatoms. The van der Waals surface area contributed by atoms with E-state index in [1.54, 1.807) is 0 Å². The summed E-state index contributed by atoms with van der Waals surface area (Å²) in [4.78, 5) is 56.8. The van der Waals surface area contributed by atoms with Gasteiger partial charge in [-0.25, -0.2) is 4.98 Å². The Hall–Kier alpha value is -4.27. The lowest BCUT2D eigenvalue weighted by atomic mass is 10.0. The van der Waals surface area contributed by atoms with Crippen LogP contribution < -0.4 is 10.6 Å². The van der Waals surface area contributed by atoms with Gasteiger partial charge < -0.3 is 20.0 Å². The fraction of sp³-hybridized carbons (Fsp3) is 0.269. The molecule has 0 spiro atoms. The fourth-order valence-electron chi connectivity index (χ4n) is 4.05. The van der Waals surface area contributed by atoms with Gasteiger partial charge in [0.25, 0.3) is 5.91 Å². The van der Waals surface area contributed by atoms with Crippen LogP contribution in [-0.2, 0) is 38.7 Å². The quantitative estimate of drug-likeness (QED) is 0.432. The SMILES string of the molecule is O=C(NCc1ncco1)C(=O)C(Cc1ccccc1)NC(=O)C1CCC(=O)N1Cc1ccccc1. The summed E-state index contributed by atoms with van der Waals surface area (Å²) in [5.74, 6) is -1.96. The van der Waals surface area contributed by atoms with Crippen molar-refractivity contribution < 1.29 is 23.6 Å². The maximum atomic E-state index is 13.2. The Bertz CT molecular complexity index is 1160. The first kappa shape index (κ1) is 23.9. The number of carbonyl (C=O) groups is 4. The predicted octanol–water partition coefficient (Wildman–Crippen LogP) is 1.78. The van der Waals surface area contributed by atoms with Crippen molar-refractivity contribution >= 4 is 23.5 Å². The number of oxazole rings is 1. The molecule has 1 fully saturated rings. The largest absolute Gasteiger partial charge is 0.447 e. The highest BCUT2D eigenvalue weighted by atomic mass is 16.3. The summed E-state index contributed by atoms with van der Waals surface area (Å²) >= 11 is 0. The Kier molecular flexibility index (Phi) is 7.67. The van der Waals surface area contributed by atoms with E-state index >= 15 is 0 Å². The molecular formula is C26H26N4O5. The van der Waals surface area contributed by atoms with Gasteiger partial charge in [0.2, 0.25) is 23.5 Å². The zero-order chi connectivity index (χ0) is 24.6. The molecule has 2 atom stereocenters. The third-order valence-corrected chi connectivity index (χ3v) is 5.85. The maximum absolute atomic E-state index is 13.2. The first-order valence-corrected chi connectivity index (χ1v) is 11.4. The van der Waals surface area contributed by atoms with Crippen LogP contribution in [0.4, 0.5) is 0 Å². The van der Waals surface area contributed by atoms with Crippen molar-refractivity contribution in [1.29, 1.82) is 0 Å². The smallest absolute Gasteiger partial charge is 0.290 e. The number of hydrogen-bond acceptors (Lipinski definition) is 6. The molecule has 2 heterocycles. The number of aromatic nitrogens is 1. The molecule has 1 aromatic heterocycles. The van der Waals surface area contributed by atoms with E-state index in [1.165, 1.54) is 17.4 Å². The van der Waals surface area contributed by atoms with Gasteiger partial charge >= 0.3 is 0 Å². The number of nitrogens with zero attached hydrogens (tertiary/aromatic N) is 2. The minimum absolute atomic E-state index is 0.0500. The molecule has 2 unspecified atom stereocenters. The molecule has 35 heavy (non-hydrogen) atoms. The topological polar surface area (TPSA) is 122 Å². The summed E-state index contributed by atoms with van der Waals surface area (Å²) < 4.78 is 5.08. The number of hydrogen-bond donors (Lipinski definition) is 2. The van der Waals surface area contributed by atoms with E-state index in [4.69, 9.17) is 4.42 Å². The van der Waals surface area contributed by atoms with Gasteiger partial charge in [0.1, 0.15) is 18.3 Å². The van der Waals surface area contributed by atoms with E-state index in [9.17, 15) is 19.2 Å². The molecule has 9 nitrogen and oxygen atoms in total. The molecule has 2 N–H and O–H groups in total. The van der Waals surface area contributed by atoms with Crippen LogP contribution in [0.25, 0.3) is 0 Å². The van der Waals surface area contributed by atoms with Gasteiger partial charge in [0.15, 0.2) is 0 Å². The summed E-state index contributed by atoms with van der Waals surface area (Å²) in [5, 5.41) is 5.22. The number of benzene rings is 2. The molecule has 1 saturated heterocycles. The number of amides is 3. The molecule has 1 aliphatic heterocycles. The fourth-order valence-corrected chi connectivity index (χ4v) is 4.05. The lowest BCUT2D eigenvalue weighted by Gasteiger charge is -2.26. The van der Waals surface area contributed by atoms with Crippen molar-refractivity contribution in [2.24, 2.45) is 0 Å². The normalized spacial score (nSPS) is 16.1. The lowest BCUT2D eigenvalue weighted by Crippen LogP contribution is -2.53. The molecule has 3 aromatic rings. The Morgan fingerprint density at radius 3 is 2.37 bits per heavy atom. The number of likely N-dealkylation sites (tertiary alicyclic amines) is 1. The van der Waals surface area contributed by atoms with Gasteiger partial charge in [-0.1, -0.05) is 60.7 Å². The number of rotatable bonds is 10. The molecule has 4 rings (SSSR count). The maximum Gasteiger partial charge on any atom is 0.290 e. The lowest BCUT2D eigenvalue weighted by molar-refractivity contribution is -0.141. The average molecular weight is 475 g/mol. The summed E-state index contributed by atoms with van der Waals surface area (Å²) in [6.07, 6.45) is 3.54. The van der Waals surface area contributed by atoms with Gasteiger partial charge in [0, 0.05) is 19.4 Å². The minimum atomic E-state index is -1.09. The Morgan fingerprint density at radius 2 is 1.71 bits per heavy atom. The summed E-state index contributed by atoms with van der Waals surface area (Å²) in [6.45, 7) is 0.247. The first-order valence-electron chi connectivity index (χ1n) is 11.4. The van der Waals surface area contributed by atoms with Crippen molar-refractivity contribution in [3.05, 3.63) is 90.1 Å². The number of Topliss-reactive ketones (excluding diaryl/α,β-unsaturated/α-hetero) is 1. The molecule has 1 aliphatic rings. The standard InChI is InChI=1S/C26H26N4O5/c31-23-12-11-21(30(23)17-19-9-5-2-6-10-19)25(33)29-20(15-18-7-3-1-4-8-18)24(32)26(34)28-16-22-27-13-14-35-22/h1-10,13-14,20-21H,11-12,15-17H2,(H,28,34)(H,29,33). The van der Waals surface area contributed by atoms with Crippen LogP contribution in [0, 0.1) is 0 Å². The van der Waals surface area contributed by atoms with Crippen LogP contribution in [0.3, 0.4) is 0 Å². The minimum Gasteiger partial charge on any atom is -0.447 e. The predicted molar refractivity (Wildman–Crippen MR) is 125 cm³/mol. The number of carbonyl (C=O) groups excluding carboxylic acids is 4. The van der Waals surface area contributed by atoms with E-state index < -0.39 is 29.7 Å². The van der Waals surface area contributed by atoms with E-state index in [-0.39, 0.29) is 31.2 Å². The first-order chi connectivity index (χ1) is 17.0. The van der Waals surface area contributed by atoms with Gasteiger partial charge in [-0.05, 0) is 17.5 Å². The molecule has 0 aliphatic carbocycles. The van der Waals surface area contributed by atoms with Crippen LogP contribution in [0.5, 0.6) is 0 Å². The van der Waals surface area contributed by atoms with E-state index in [2.05, 4.69) is 15.6 Å². The van der Waals surface area contributed by atoms with Crippen LogP contribution >= 0.6 is 0 Å². The number of ketones is 1. The van der Waals surface area contributed by atoms with Crippen LogP contribution in [0.15, 0.2) is 77.5 Å². The summed E-state index contributed by atoms with van der Waals surface area (Å²) in [5.41, 5.74) is 1.69. The third kappa shape index (κ3) is 6.20. The average Bonchev–Trinajstić information content (AvgIpc) is 3.53. The zero-order valence-corrected chi connectivity index (χ0v) is 19.1. The Morgan fingerprint density at radius 1 is 1.03 bits per heavy atom. The second-order valence-corrected chi connectivity index (χ2v) is 8.29. The highest BCUT2D eigenvalue weighted by Crippen LogP contribution is 2.22. The van der Waals surface area contributed by atoms with Crippen molar-refractivity contribution in [3.63, 3.8) is 0 Å². The van der Waals surface area contributed by atoms with E-state index in [1.807, 2.05) is 60.7 Å². The van der Waals surface area contributed by atoms with Crippen molar-refractivity contribution in [2.45, 2.75) is 44.4 Å². The van der Waals surface area contributed by atoms with Crippen LogP contribution in [0.1, 0.15) is 29.9 Å². The molecule has 0 radical (unpaired) electrons. The van der Waals surface area contributed by atoms with Crippen molar-refractivity contribution in [2.75, 3.05) is 0 Å². The molecule has 0 saturated carbocycles. The summed E-state index contributed by atoms with van der Waals surface area (Å²) in [6, 6.07) is 16.7. The zero-order valence-electron chi connectivity index (χ0n) is 19.1. The number of nitrogens with one attached hydrogen (secondary N) is 2. The molecule has 2 aromatic carbocycles. The second kappa shape index (κ2) is 11.2. The van der Waals surface area contributed by atoms with Crippen LogP contribution in [-0.4, -0.2) is 45.5 Å². The van der Waals surface area contributed by atoms with E-state index in [0.717, 1.165) is 11.1 Å².